The molecule has 3 rings (SSSR count). The summed E-state index contributed by atoms with van der Waals surface area (Å²) < 4.78 is 38.5. The SMILES string of the molecule is CCCCNC(=O)[C@H](C)N(Cc1ccc(Br)cc1)C(=O)CCCN(c1ccc2c(c1)OCCO2)S(C)(=O)=O. The van der Waals surface area contributed by atoms with E-state index in [4.69, 9.17) is 9.47 Å². The first-order valence-corrected chi connectivity index (χ1v) is 15.4. The molecule has 0 aliphatic carbocycles. The molecule has 11 heteroatoms. The Kier molecular flexibility index (Phi) is 10.8. The van der Waals surface area contributed by atoms with Crippen LogP contribution in [-0.4, -0.2) is 63.7 Å². The van der Waals surface area contributed by atoms with Gasteiger partial charge < -0.3 is 19.7 Å². The van der Waals surface area contributed by atoms with Gasteiger partial charge in [-0.15, -0.1) is 0 Å². The van der Waals surface area contributed by atoms with Crippen molar-refractivity contribution < 1.29 is 27.5 Å². The topological polar surface area (TPSA) is 105 Å². The molecule has 0 aromatic heterocycles. The van der Waals surface area contributed by atoms with Crippen molar-refractivity contribution in [2.45, 2.75) is 52.1 Å². The second kappa shape index (κ2) is 13.8. The van der Waals surface area contributed by atoms with Gasteiger partial charge in [-0.1, -0.05) is 41.4 Å². The maximum Gasteiger partial charge on any atom is 0.242 e. The van der Waals surface area contributed by atoms with Gasteiger partial charge in [-0.05, 0) is 49.6 Å². The van der Waals surface area contributed by atoms with Gasteiger partial charge in [0, 0.05) is 36.6 Å². The van der Waals surface area contributed by atoms with Crippen molar-refractivity contribution in [2.24, 2.45) is 0 Å². The summed E-state index contributed by atoms with van der Waals surface area (Å²) >= 11 is 3.42. The van der Waals surface area contributed by atoms with E-state index in [9.17, 15) is 18.0 Å². The Labute approximate surface area is 233 Å². The van der Waals surface area contributed by atoms with Crippen LogP contribution in [0.25, 0.3) is 0 Å². The fraction of sp³-hybridized carbons (Fsp3) is 0.481. The van der Waals surface area contributed by atoms with Crippen LogP contribution in [0.2, 0.25) is 0 Å². The van der Waals surface area contributed by atoms with Crippen LogP contribution < -0.4 is 19.1 Å². The number of unbranched alkanes of at least 4 members (excludes halogenated alkanes) is 1. The molecule has 2 aromatic carbocycles. The number of rotatable bonds is 13. The van der Waals surface area contributed by atoms with Crippen LogP contribution in [0.1, 0.15) is 45.1 Å². The van der Waals surface area contributed by atoms with Gasteiger partial charge in [0.1, 0.15) is 19.3 Å². The minimum Gasteiger partial charge on any atom is -0.486 e. The lowest BCUT2D eigenvalue weighted by molar-refractivity contribution is -0.140. The highest BCUT2D eigenvalue weighted by Crippen LogP contribution is 2.34. The number of nitrogens with one attached hydrogen (secondary N) is 1. The molecule has 0 unspecified atom stereocenters. The average Bonchev–Trinajstić information content (AvgIpc) is 2.89. The van der Waals surface area contributed by atoms with E-state index in [-0.39, 0.29) is 37.7 Å². The third-order valence-electron chi connectivity index (χ3n) is 6.23. The van der Waals surface area contributed by atoms with Crippen molar-refractivity contribution >= 4 is 43.5 Å². The van der Waals surface area contributed by atoms with E-state index in [1.54, 1.807) is 30.0 Å². The summed E-state index contributed by atoms with van der Waals surface area (Å²) in [5.41, 5.74) is 1.34. The molecule has 208 valence electrons. The van der Waals surface area contributed by atoms with Crippen molar-refractivity contribution in [3.8, 4) is 11.5 Å². The first-order chi connectivity index (χ1) is 18.1. The van der Waals surface area contributed by atoms with Gasteiger partial charge in [0.05, 0.1) is 11.9 Å². The van der Waals surface area contributed by atoms with Crippen LogP contribution in [0.5, 0.6) is 11.5 Å². The summed E-state index contributed by atoms with van der Waals surface area (Å²) in [5, 5.41) is 2.90. The second-order valence-corrected chi connectivity index (χ2v) is 12.1. The standard InChI is InChI=1S/C27H36BrN3O6S/c1-4-5-14-29-27(33)20(2)30(19-21-8-10-22(28)11-9-21)26(32)7-6-15-31(38(3,34)35)23-12-13-24-25(18-23)37-17-16-36-24/h8-13,18,20H,4-7,14-17,19H2,1-3H3,(H,29,33)/t20-/m0/s1. The molecule has 0 saturated heterocycles. The quantitative estimate of drug-likeness (QED) is 0.343. The molecule has 1 N–H and O–H groups in total. The Hall–Kier alpha value is -2.79. The Morgan fingerprint density at radius 3 is 2.39 bits per heavy atom. The first-order valence-electron chi connectivity index (χ1n) is 12.8. The molecular weight excluding hydrogens is 574 g/mol. The van der Waals surface area contributed by atoms with E-state index in [2.05, 4.69) is 21.2 Å². The number of fused-ring (bicyclic) bond motifs is 1. The molecular formula is C27H36BrN3O6S. The van der Waals surface area contributed by atoms with E-state index < -0.39 is 16.1 Å². The molecule has 0 fully saturated rings. The highest BCUT2D eigenvalue weighted by Gasteiger charge is 2.27. The van der Waals surface area contributed by atoms with Gasteiger partial charge in [-0.3, -0.25) is 13.9 Å². The minimum atomic E-state index is -3.61. The van der Waals surface area contributed by atoms with Gasteiger partial charge in [0.25, 0.3) is 0 Å². The van der Waals surface area contributed by atoms with Crippen molar-refractivity contribution in [1.82, 2.24) is 10.2 Å². The van der Waals surface area contributed by atoms with E-state index in [0.717, 1.165) is 29.1 Å². The smallest absolute Gasteiger partial charge is 0.242 e. The summed E-state index contributed by atoms with van der Waals surface area (Å²) in [6, 6.07) is 11.9. The monoisotopic (exact) mass is 609 g/mol. The lowest BCUT2D eigenvalue weighted by Crippen LogP contribution is -2.47. The molecule has 0 saturated carbocycles. The number of nitrogens with zero attached hydrogens (tertiary/aromatic N) is 2. The number of ether oxygens (including phenoxy) is 2. The molecule has 1 heterocycles. The normalized spacial score (nSPS) is 13.5. The first kappa shape index (κ1) is 29.8. The number of carbonyl (C=O) groups excluding carboxylic acids is 2. The molecule has 0 bridgehead atoms. The molecule has 0 radical (unpaired) electrons. The van der Waals surface area contributed by atoms with Gasteiger partial charge in [-0.2, -0.15) is 0 Å². The fourth-order valence-electron chi connectivity index (χ4n) is 4.10. The summed E-state index contributed by atoms with van der Waals surface area (Å²) in [5.74, 6) is 0.625. The van der Waals surface area contributed by atoms with Crippen LogP contribution in [0.15, 0.2) is 46.9 Å². The van der Waals surface area contributed by atoms with Crippen molar-refractivity contribution in [3.63, 3.8) is 0 Å². The van der Waals surface area contributed by atoms with Gasteiger partial charge in [0.15, 0.2) is 11.5 Å². The number of halogens is 1. The highest BCUT2D eigenvalue weighted by molar-refractivity contribution is 9.10. The fourth-order valence-corrected chi connectivity index (χ4v) is 5.32. The average molecular weight is 611 g/mol. The predicted molar refractivity (Wildman–Crippen MR) is 151 cm³/mol. The van der Waals surface area contributed by atoms with Crippen LogP contribution >= 0.6 is 15.9 Å². The molecule has 2 amide bonds. The van der Waals surface area contributed by atoms with Crippen LogP contribution in [0.4, 0.5) is 5.69 Å². The molecule has 9 nitrogen and oxygen atoms in total. The number of benzene rings is 2. The molecule has 2 aromatic rings. The molecule has 1 aliphatic heterocycles. The maximum atomic E-state index is 13.4. The molecule has 1 atom stereocenters. The van der Waals surface area contributed by atoms with Crippen molar-refractivity contribution in [2.75, 3.05) is 36.9 Å². The number of carbonyl (C=O) groups is 2. The number of hydrogen-bond acceptors (Lipinski definition) is 6. The number of hydrogen-bond donors (Lipinski definition) is 1. The molecule has 0 spiro atoms. The zero-order valence-electron chi connectivity index (χ0n) is 22.1. The lowest BCUT2D eigenvalue weighted by Gasteiger charge is -2.29. The summed E-state index contributed by atoms with van der Waals surface area (Å²) in [7, 11) is -3.61. The van der Waals surface area contributed by atoms with Crippen molar-refractivity contribution in [1.29, 1.82) is 0 Å². The zero-order valence-corrected chi connectivity index (χ0v) is 24.5. The third kappa shape index (κ3) is 8.36. The lowest BCUT2D eigenvalue weighted by atomic mass is 10.1. The van der Waals surface area contributed by atoms with E-state index in [1.165, 1.54) is 4.31 Å². The van der Waals surface area contributed by atoms with Crippen molar-refractivity contribution in [3.05, 3.63) is 52.5 Å². The van der Waals surface area contributed by atoms with E-state index >= 15 is 0 Å². The molecule has 1 aliphatic rings. The van der Waals surface area contributed by atoms with E-state index in [0.29, 0.717) is 36.9 Å². The van der Waals surface area contributed by atoms with Gasteiger partial charge >= 0.3 is 0 Å². The number of sulfonamides is 1. The van der Waals surface area contributed by atoms with Crippen LogP contribution in [-0.2, 0) is 26.2 Å². The number of amides is 2. The number of anilines is 1. The van der Waals surface area contributed by atoms with Crippen LogP contribution in [0.3, 0.4) is 0 Å². The van der Waals surface area contributed by atoms with Crippen LogP contribution in [0, 0.1) is 0 Å². The predicted octanol–water partition coefficient (Wildman–Crippen LogP) is 4.10. The Bertz CT molecular complexity index is 1210. The Morgan fingerprint density at radius 2 is 1.74 bits per heavy atom. The summed E-state index contributed by atoms with van der Waals surface area (Å²) in [4.78, 5) is 27.7. The summed E-state index contributed by atoms with van der Waals surface area (Å²) in [6.45, 7) is 5.52. The zero-order chi connectivity index (χ0) is 27.7. The van der Waals surface area contributed by atoms with Gasteiger partial charge in [-0.25, -0.2) is 8.42 Å². The van der Waals surface area contributed by atoms with E-state index in [1.807, 2.05) is 31.2 Å². The summed E-state index contributed by atoms with van der Waals surface area (Å²) in [6.07, 6.45) is 3.31. The second-order valence-electron chi connectivity index (χ2n) is 9.24. The molecule has 38 heavy (non-hydrogen) atoms. The third-order valence-corrected chi connectivity index (χ3v) is 7.95. The highest BCUT2D eigenvalue weighted by atomic mass is 79.9. The minimum absolute atomic E-state index is 0.0830. The Morgan fingerprint density at radius 1 is 1.05 bits per heavy atom. The maximum absolute atomic E-state index is 13.4. The largest absolute Gasteiger partial charge is 0.486 e. The van der Waals surface area contributed by atoms with Gasteiger partial charge in [0.2, 0.25) is 21.8 Å². The Balaban J connectivity index is 1.71.